The SMILES string of the molecule is NN(/N=N/c1ccccc1)c1ccccc1. The van der Waals surface area contributed by atoms with E-state index in [1.165, 1.54) is 5.12 Å². The summed E-state index contributed by atoms with van der Waals surface area (Å²) in [4.78, 5) is 0. The lowest BCUT2D eigenvalue weighted by Gasteiger charge is -2.09. The van der Waals surface area contributed by atoms with Crippen molar-refractivity contribution in [1.82, 2.24) is 0 Å². The molecule has 0 unspecified atom stereocenters. The van der Waals surface area contributed by atoms with Crippen molar-refractivity contribution in [3.05, 3.63) is 60.7 Å². The highest BCUT2D eigenvalue weighted by Crippen LogP contribution is 2.14. The van der Waals surface area contributed by atoms with Crippen molar-refractivity contribution in [3.63, 3.8) is 0 Å². The van der Waals surface area contributed by atoms with Crippen molar-refractivity contribution in [2.75, 3.05) is 5.12 Å². The van der Waals surface area contributed by atoms with Crippen molar-refractivity contribution in [2.45, 2.75) is 0 Å². The van der Waals surface area contributed by atoms with Gasteiger partial charge in [-0.15, -0.1) is 5.11 Å². The third kappa shape index (κ3) is 2.65. The summed E-state index contributed by atoms with van der Waals surface area (Å²) in [6.45, 7) is 0. The molecule has 0 fully saturated rings. The lowest BCUT2D eigenvalue weighted by Crippen LogP contribution is -2.23. The molecule has 0 spiro atoms. The third-order valence-corrected chi connectivity index (χ3v) is 2.03. The van der Waals surface area contributed by atoms with Crippen molar-refractivity contribution in [1.29, 1.82) is 0 Å². The first kappa shape index (κ1) is 10.3. The van der Waals surface area contributed by atoms with Crippen LogP contribution in [0, 0.1) is 0 Å². The van der Waals surface area contributed by atoms with Crippen LogP contribution in [-0.2, 0) is 0 Å². The molecule has 16 heavy (non-hydrogen) atoms. The Morgan fingerprint density at radius 1 is 0.812 bits per heavy atom. The number of rotatable bonds is 3. The number of nitrogens with zero attached hydrogens (tertiary/aromatic N) is 3. The second kappa shape index (κ2) is 5.04. The maximum atomic E-state index is 5.72. The molecule has 0 aliphatic heterocycles. The van der Waals surface area contributed by atoms with E-state index >= 15 is 0 Å². The molecule has 0 atom stereocenters. The summed E-state index contributed by atoms with van der Waals surface area (Å²) in [5.41, 5.74) is 1.57. The minimum absolute atomic E-state index is 0.772. The van der Waals surface area contributed by atoms with Gasteiger partial charge in [-0.1, -0.05) is 41.6 Å². The Morgan fingerprint density at radius 3 is 2.00 bits per heavy atom. The van der Waals surface area contributed by atoms with Gasteiger partial charge in [-0.3, -0.25) is 0 Å². The minimum Gasteiger partial charge on any atom is -0.225 e. The Bertz CT molecular complexity index is 453. The fourth-order valence-electron chi connectivity index (χ4n) is 1.23. The summed E-state index contributed by atoms with van der Waals surface area (Å²) in [5, 5.41) is 9.15. The van der Waals surface area contributed by atoms with Gasteiger partial charge in [0.15, 0.2) is 0 Å². The molecule has 0 radical (unpaired) electrons. The monoisotopic (exact) mass is 212 g/mol. The molecule has 0 aromatic heterocycles. The highest BCUT2D eigenvalue weighted by molar-refractivity contribution is 5.43. The molecule has 0 saturated heterocycles. The molecule has 4 heteroatoms. The summed E-state index contributed by atoms with van der Waals surface area (Å²) in [7, 11) is 0. The zero-order chi connectivity index (χ0) is 11.2. The van der Waals surface area contributed by atoms with Crippen molar-refractivity contribution in [2.24, 2.45) is 16.2 Å². The second-order valence-electron chi connectivity index (χ2n) is 3.21. The number of para-hydroxylation sites is 1. The van der Waals surface area contributed by atoms with Gasteiger partial charge in [-0.25, -0.2) is 5.84 Å². The summed E-state index contributed by atoms with van der Waals surface area (Å²) in [6, 6.07) is 18.9. The average Bonchev–Trinajstić information content (AvgIpc) is 2.38. The largest absolute Gasteiger partial charge is 0.225 e. The number of hydrazine groups is 1. The fourth-order valence-corrected chi connectivity index (χ4v) is 1.23. The Morgan fingerprint density at radius 2 is 1.38 bits per heavy atom. The molecule has 0 heterocycles. The van der Waals surface area contributed by atoms with Gasteiger partial charge in [-0.05, 0) is 24.3 Å². The lowest BCUT2D eigenvalue weighted by molar-refractivity contribution is 0.856. The lowest BCUT2D eigenvalue weighted by atomic mass is 10.3. The molecular formula is C12H12N4. The van der Waals surface area contributed by atoms with Gasteiger partial charge < -0.3 is 0 Å². The summed E-state index contributed by atoms with van der Waals surface area (Å²) < 4.78 is 0. The van der Waals surface area contributed by atoms with E-state index in [0.717, 1.165) is 11.4 Å². The molecule has 2 N–H and O–H groups in total. The molecule has 0 amide bonds. The van der Waals surface area contributed by atoms with Gasteiger partial charge in [0, 0.05) is 0 Å². The van der Waals surface area contributed by atoms with Crippen LogP contribution in [0.4, 0.5) is 11.4 Å². The Labute approximate surface area is 94.0 Å². The van der Waals surface area contributed by atoms with E-state index in [9.17, 15) is 0 Å². The number of nitrogens with two attached hydrogens (primary N) is 1. The zero-order valence-corrected chi connectivity index (χ0v) is 8.69. The van der Waals surface area contributed by atoms with Crippen molar-refractivity contribution >= 4 is 11.4 Å². The number of anilines is 1. The molecule has 0 aliphatic carbocycles. The van der Waals surface area contributed by atoms with E-state index in [2.05, 4.69) is 10.3 Å². The van der Waals surface area contributed by atoms with Crippen LogP contribution in [0.15, 0.2) is 71.0 Å². The number of hydrogen-bond acceptors (Lipinski definition) is 3. The third-order valence-electron chi connectivity index (χ3n) is 2.03. The molecule has 80 valence electrons. The normalized spacial score (nSPS) is 10.6. The number of hydrogen-bond donors (Lipinski definition) is 1. The predicted molar refractivity (Wildman–Crippen MR) is 64.1 cm³/mol. The highest BCUT2D eigenvalue weighted by Gasteiger charge is 1.96. The first-order valence-corrected chi connectivity index (χ1v) is 4.93. The van der Waals surface area contributed by atoms with Gasteiger partial charge in [0.05, 0.1) is 11.4 Å². The van der Waals surface area contributed by atoms with E-state index in [1.807, 2.05) is 60.7 Å². The van der Waals surface area contributed by atoms with Gasteiger partial charge >= 0.3 is 0 Å². The molecule has 4 nitrogen and oxygen atoms in total. The first-order chi connectivity index (χ1) is 7.86. The second-order valence-corrected chi connectivity index (χ2v) is 3.21. The van der Waals surface area contributed by atoms with Gasteiger partial charge in [0.2, 0.25) is 0 Å². The maximum Gasteiger partial charge on any atom is 0.0874 e. The van der Waals surface area contributed by atoms with Crippen LogP contribution in [0.5, 0.6) is 0 Å². The molecule has 2 aromatic carbocycles. The predicted octanol–water partition coefficient (Wildman–Crippen LogP) is 3.07. The Kier molecular flexibility index (Phi) is 3.25. The Balaban J connectivity index is 2.08. The highest BCUT2D eigenvalue weighted by atomic mass is 15.7. The van der Waals surface area contributed by atoms with E-state index < -0.39 is 0 Å². The summed E-state index contributed by atoms with van der Waals surface area (Å²) in [5.74, 6) is 5.72. The first-order valence-electron chi connectivity index (χ1n) is 4.93. The summed E-state index contributed by atoms with van der Waals surface area (Å²) >= 11 is 0. The van der Waals surface area contributed by atoms with Crippen LogP contribution in [-0.4, -0.2) is 0 Å². The van der Waals surface area contributed by atoms with Crippen molar-refractivity contribution < 1.29 is 0 Å². The fraction of sp³-hybridized carbons (Fsp3) is 0. The van der Waals surface area contributed by atoms with E-state index in [4.69, 9.17) is 5.84 Å². The number of benzene rings is 2. The molecule has 2 aromatic rings. The summed E-state index contributed by atoms with van der Waals surface area (Å²) in [6.07, 6.45) is 0. The smallest absolute Gasteiger partial charge is 0.0874 e. The van der Waals surface area contributed by atoms with Gasteiger partial charge in [-0.2, -0.15) is 5.12 Å². The minimum atomic E-state index is 0.772. The van der Waals surface area contributed by atoms with E-state index in [1.54, 1.807) is 0 Å². The maximum absolute atomic E-state index is 5.72. The van der Waals surface area contributed by atoms with Gasteiger partial charge in [0.25, 0.3) is 0 Å². The van der Waals surface area contributed by atoms with Crippen LogP contribution < -0.4 is 11.0 Å². The van der Waals surface area contributed by atoms with E-state index in [-0.39, 0.29) is 0 Å². The Hall–Kier alpha value is -2.20. The topological polar surface area (TPSA) is 54.0 Å². The molecular weight excluding hydrogens is 200 g/mol. The average molecular weight is 212 g/mol. The van der Waals surface area contributed by atoms with Crippen LogP contribution in [0.1, 0.15) is 0 Å². The zero-order valence-electron chi connectivity index (χ0n) is 8.69. The molecule has 0 saturated carbocycles. The van der Waals surface area contributed by atoms with Crippen LogP contribution in [0.3, 0.4) is 0 Å². The van der Waals surface area contributed by atoms with E-state index in [0.29, 0.717) is 0 Å². The molecule has 2 rings (SSSR count). The molecule has 0 bridgehead atoms. The molecule has 0 aliphatic rings. The van der Waals surface area contributed by atoms with Gasteiger partial charge in [0.1, 0.15) is 0 Å². The van der Waals surface area contributed by atoms with Crippen LogP contribution in [0.2, 0.25) is 0 Å². The van der Waals surface area contributed by atoms with Crippen molar-refractivity contribution in [3.8, 4) is 0 Å². The quantitative estimate of drug-likeness (QED) is 0.483. The van der Waals surface area contributed by atoms with Crippen LogP contribution >= 0.6 is 0 Å². The van der Waals surface area contributed by atoms with Crippen LogP contribution in [0.25, 0.3) is 0 Å². The standard InChI is InChI=1S/C12H12N4/c13-16(12-9-5-2-6-10-12)15-14-11-7-3-1-4-8-11/h1-10H,13H2/b15-14+.